The molecule has 1 aliphatic rings. The van der Waals surface area contributed by atoms with Gasteiger partial charge in [-0.15, -0.1) is 0 Å². The van der Waals surface area contributed by atoms with Crippen LogP contribution in [0.2, 0.25) is 5.02 Å². The fourth-order valence-corrected chi connectivity index (χ4v) is 1.17. The Morgan fingerprint density at radius 2 is 2.17 bits per heavy atom. The summed E-state index contributed by atoms with van der Waals surface area (Å²) in [5, 5.41) is 0.762. The zero-order chi connectivity index (χ0) is 8.39. The number of benzene rings is 1. The number of halogens is 1. The molecule has 0 N–H and O–H groups in total. The molecule has 0 bridgehead atoms. The van der Waals surface area contributed by atoms with Crippen molar-refractivity contribution < 1.29 is 0 Å². The van der Waals surface area contributed by atoms with Gasteiger partial charge in [0.15, 0.2) is 0 Å². The first-order chi connectivity index (χ1) is 5.84. The first-order valence-corrected chi connectivity index (χ1v) is 4.49. The molecule has 1 aromatic rings. The molecule has 0 radical (unpaired) electrons. The first-order valence-electron chi connectivity index (χ1n) is 4.12. The third kappa shape index (κ3) is 2.03. The van der Waals surface area contributed by atoms with Crippen LogP contribution in [0.15, 0.2) is 24.3 Å². The monoisotopic (exact) mass is 176 g/mol. The lowest BCUT2D eigenvalue weighted by molar-refractivity contribution is 1.18. The standard InChI is InChI=1S/C11H9Cl/c12-11-3-1-2-10(8-11)7-6-9-4-5-9/h1-3,8-9H,4-5H2. The maximum atomic E-state index is 5.81. The van der Waals surface area contributed by atoms with E-state index >= 15 is 0 Å². The Balaban J connectivity index is 2.18. The van der Waals surface area contributed by atoms with Crippen LogP contribution in [-0.2, 0) is 0 Å². The summed E-state index contributed by atoms with van der Waals surface area (Å²) in [6.45, 7) is 0. The maximum absolute atomic E-state index is 5.81. The highest BCUT2D eigenvalue weighted by Gasteiger charge is 2.17. The van der Waals surface area contributed by atoms with Gasteiger partial charge in [0.1, 0.15) is 0 Å². The van der Waals surface area contributed by atoms with E-state index in [1.165, 1.54) is 12.8 Å². The molecule has 0 heterocycles. The second-order valence-corrected chi connectivity index (χ2v) is 3.49. The van der Waals surface area contributed by atoms with Gasteiger partial charge in [-0.05, 0) is 31.0 Å². The minimum absolute atomic E-state index is 0.656. The third-order valence-electron chi connectivity index (χ3n) is 1.82. The SMILES string of the molecule is Clc1cccc(C#CC2CC2)c1. The van der Waals surface area contributed by atoms with E-state index in [1.54, 1.807) is 0 Å². The van der Waals surface area contributed by atoms with Gasteiger partial charge < -0.3 is 0 Å². The van der Waals surface area contributed by atoms with Crippen LogP contribution in [0.25, 0.3) is 0 Å². The van der Waals surface area contributed by atoms with E-state index in [0.717, 1.165) is 10.6 Å². The van der Waals surface area contributed by atoms with E-state index in [2.05, 4.69) is 11.8 Å². The molecule has 1 aliphatic carbocycles. The first kappa shape index (κ1) is 7.71. The van der Waals surface area contributed by atoms with Gasteiger partial charge in [-0.25, -0.2) is 0 Å². The topological polar surface area (TPSA) is 0 Å². The lowest BCUT2D eigenvalue weighted by atomic mass is 10.2. The summed E-state index contributed by atoms with van der Waals surface area (Å²) in [5.74, 6) is 6.96. The van der Waals surface area contributed by atoms with Crippen LogP contribution in [0.4, 0.5) is 0 Å². The quantitative estimate of drug-likeness (QED) is 0.533. The zero-order valence-corrected chi connectivity index (χ0v) is 7.43. The summed E-state index contributed by atoms with van der Waals surface area (Å²) in [6.07, 6.45) is 2.54. The van der Waals surface area contributed by atoms with Crippen molar-refractivity contribution in [2.75, 3.05) is 0 Å². The van der Waals surface area contributed by atoms with Crippen molar-refractivity contribution >= 4 is 11.6 Å². The Morgan fingerprint density at radius 1 is 1.33 bits per heavy atom. The smallest absolute Gasteiger partial charge is 0.0418 e. The Morgan fingerprint density at radius 3 is 2.83 bits per heavy atom. The Bertz CT molecular complexity index is 340. The van der Waals surface area contributed by atoms with Crippen LogP contribution in [0.5, 0.6) is 0 Å². The molecule has 1 heteroatoms. The predicted octanol–water partition coefficient (Wildman–Crippen LogP) is 3.10. The van der Waals surface area contributed by atoms with Crippen molar-refractivity contribution in [3.63, 3.8) is 0 Å². The van der Waals surface area contributed by atoms with E-state index in [-0.39, 0.29) is 0 Å². The molecule has 0 saturated heterocycles. The van der Waals surface area contributed by atoms with Gasteiger partial charge in [0.2, 0.25) is 0 Å². The molecule has 1 saturated carbocycles. The van der Waals surface area contributed by atoms with Gasteiger partial charge in [-0.3, -0.25) is 0 Å². The summed E-state index contributed by atoms with van der Waals surface area (Å²) in [4.78, 5) is 0. The van der Waals surface area contributed by atoms with Crippen molar-refractivity contribution in [3.05, 3.63) is 34.9 Å². The highest BCUT2D eigenvalue weighted by molar-refractivity contribution is 6.30. The number of hydrogen-bond acceptors (Lipinski definition) is 0. The molecule has 0 unspecified atom stereocenters. The summed E-state index contributed by atoms with van der Waals surface area (Å²) in [6, 6.07) is 7.68. The van der Waals surface area contributed by atoms with E-state index in [9.17, 15) is 0 Å². The molecule has 1 aromatic carbocycles. The summed E-state index contributed by atoms with van der Waals surface area (Å²) < 4.78 is 0. The largest absolute Gasteiger partial charge is 0.0945 e. The van der Waals surface area contributed by atoms with Crippen LogP contribution in [0.3, 0.4) is 0 Å². The van der Waals surface area contributed by atoms with Gasteiger partial charge in [-0.2, -0.15) is 0 Å². The average molecular weight is 177 g/mol. The normalized spacial score (nSPS) is 15.1. The fraction of sp³-hybridized carbons (Fsp3) is 0.273. The number of hydrogen-bond donors (Lipinski definition) is 0. The molecule has 0 amide bonds. The van der Waals surface area contributed by atoms with Crippen molar-refractivity contribution in [3.8, 4) is 11.8 Å². The molecule has 0 aromatic heterocycles. The van der Waals surface area contributed by atoms with Crippen molar-refractivity contribution in [2.45, 2.75) is 12.8 Å². The Labute approximate surface area is 77.6 Å². The van der Waals surface area contributed by atoms with Gasteiger partial charge in [0.05, 0.1) is 0 Å². The van der Waals surface area contributed by atoms with Gasteiger partial charge in [-0.1, -0.05) is 29.5 Å². The van der Waals surface area contributed by atoms with Crippen LogP contribution in [0.1, 0.15) is 18.4 Å². The molecular formula is C11H9Cl. The molecule has 0 spiro atoms. The molecule has 0 nitrogen and oxygen atoms in total. The van der Waals surface area contributed by atoms with Crippen LogP contribution >= 0.6 is 11.6 Å². The minimum Gasteiger partial charge on any atom is -0.0945 e. The Kier molecular flexibility index (Phi) is 2.06. The molecule has 1 fully saturated rings. The van der Waals surface area contributed by atoms with Crippen molar-refractivity contribution in [2.24, 2.45) is 5.92 Å². The average Bonchev–Trinajstić information content (AvgIpc) is 2.84. The summed E-state index contributed by atoms with van der Waals surface area (Å²) in [7, 11) is 0. The van der Waals surface area contributed by atoms with E-state index in [0.29, 0.717) is 5.92 Å². The molecular weight excluding hydrogens is 168 g/mol. The maximum Gasteiger partial charge on any atom is 0.0418 e. The summed E-state index contributed by atoms with van der Waals surface area (Å²) >= 11 is 5.81. The van der Waals surface area contributed by atoms with Crippen molar-refractivity contribution in [1.29, 1.82) is 0 Å². The van der Waals surface area contributed by atoms with Gasteiger partial charge in [0, 0.05) is 16.5 Å². The highest BCUT2D eigenvalue weighted by Crippen LogP contribution is 2.27. The molecule has 2 rings (SSSR count). The molecule has 60 valence electrons. The van der Waals surface area contributed by atoms with E-state index in [4.69, 9.17) is 11.6 Å². The molecule has 12 heavy (non-hydrogen) atoms. The van der Waals surface area contributed by atoms with Crippen molar-refractivity contribution in [1.82, 2.24) is 0 Å². The lowest BCUT2D eigenvalue weighted by Gasteiger charge is -1.89. The minimum atomic E-state index is 0.656. The molecule has 0 atom stereocenters. The van der Waals surface area contributed by atoms with Crippen LogP contribution in [-0.4, -0.2) is 0 Å². The second kappa shape index (κ2) is 3.21. The second-order valence-electron chi connectivity index (χ2n) is 3.05. The highest BCUT2D eigenvalue weighted by atomic mass is 35.5. The van der Waals surface area contributed by atoms with E-state index < -0.39 is 0 Å². The van der Waals surface area contributed by atoms with E-state index in [1.807, 2.05) is 24.3 Å². The van der Waals surface area contributed by atoms with Gasteiger partial charge in [0.25, 0.3) is 0 Å². The third-order valence-corrected chi connectivity index (χ3v) is 2.06. The Hall–Kier alpha value is -0.930. The summed E-state index contributed by atoms with van der Waals surface area (Å²) in [5.41, 5.74) is 1.02. The predicted molar refractivity (Wildman–Crippen MR) is 51.1 cm³/mol. The zero-order valence-electron chi connectivity index (χ0n) is 6.68. The lowest BCUT2D eigenvalue weighted by Crippen LogP contribution is -1.73. The number of rotatable bonds is 0. The fourth-order valence-electron chi connectivity index (χ4n) is 0.979. The molecule has 0 aliphatic heterocycles. The van der Waals surface area contributed by atoms with Crippen LogP contribution < -0.4 is 0 Å². The van der Waals surface area contributed by atoms with Gasteiger partial charge >= 0.3 is 0 Å². The van der Waals surface area contributed by atoms with Crippen LogP contribution in [0, 0.1) is 17.8 Å².